The number of anilines is 1. The molecule has 1 aliphatic carbocycles. The van der Waals surface area contributed by atoms with Crippen LogP contribution in [0, 0.1) is 5.92 Å². The second kappa shape index (κ2) is 14.5. The molecule has 0 saturated heterocycles. The van der Waals surface area contributed by atoms with Crippen LogP contribution in [0.5, 0.6) is 5.75 Å². The van der Waals surface area contributed by atoms with Crippen molar-refractivity contribution >= 4 is 17.6 Å². The molecule has 0 bridgehead atoms. The van der Waals surface area contributed by atoms with Gasteiger partial charge in [-0.2, -0.15) is 0 Å². The van der Waals surface area contributed by atoms with Gasteiger partial charge in [-0.1, -0.05) is 56.5 Å². The first-order valence-electron chi connectivity index (χ1n) is 14.7. The SMILES string of the molecule is CO[C@H]1CN(C)C(=O)c2cc(NC(=O)NC3CCCCC3)ccc2OC[C@H](C)N(CCc2ccccc2)C[C@H]1C. The Balaban J connectivity index is 1.52. The lowest BCUT2D eigenvalue weighted by molar-refractivity contribution is 0.0109. The summed E-state index contributed by atoms with van der Waals surface area (Å²) >= 11 is 0. The number of ether oxygens (including phenoxy) is 2. The topological polar surface area (TPSA) is 83.1 Å². The van der Waals surface area contributed by atoms with E-state index in [0.717, 1.165) is 45.2 Å². The minimum Gasteiger partial charge on any atom is -0.491 e. The Bertz CT molecular complexity index is 1110. The number of urea groups is 1. The van der Waals surface area contributed by atoms with Gasteiger partial charge >= 0.3 is 6.03 Å². The first-order chi connectivity index (χ1) is 19.3. The van der Waals surface area contributed by atoms with Gasteiger partial charge in [-0.05, 0) is 55.9 Å². The van der Waals surface area contributed by atoms with Crippen LogP contribution < -0.4 is 15.4 Å². The molecule has 1 heterocycles. The molecule has 3 amide bonds. The zero-order valence-electron chi connectivity index (χ0n) is 24.5. The Kier molecular flexibility index (Phi) is 10.8. The summed E-state index contributed by atoms with van der Waals surface area (Å²) in [5.74, 6) is 0.566. The fraction of sp³-hybridized carbons (Fsp3) is 0.562. The number of hydrogen-bond acceptors (Lipinski definition) is 5. The number of methoxy groups -OCH3 is 1. The number of amides is 3. The molecule has 2 aromatic rings. The molecular weight excluding hydrogens is 504 g/mol. The number of hydrogen-bond donors (Lipinski definition) is 2. The fourth-order valence-electron chi connectivity index (χ4n) is 5.76. The van der Waals surface area contributed by atoms with Gasteiger partial charge < -0.3 is 25.0 Å². The van der Waals surface area contributed by atoms with Crippen molar-refractivity contribution in [3.05, 3.63) is 59.7 Å². The van der Waals surface area contributed by atoms with Crippen molar-refractivity contribution in [2.24, 2.45) is 5.92 Å². The lowest BCUT2D eigenvalue weighted by Crippen LogP contribution is -2.47. The zero-order chi connectivity index (χ0) is 28.5. The van der Waals surface area contributed by atoms with E-state index in [1.807, 2.05) is 6.07 Å². The molecule has 8 nitrogen and oxygen atoms in total. The Morgan fingerprint density at radius 2 is 1.80 bits per heavy atom. The Hall–Kier alpha value is -3.10. The van der Waals surface area contributed by atoms with E-state index in [1.165, 1.54) is 12.0 Å². The van der Waals surface area contributed by atoms with E-state index in [-0.39, 0.29) is 36.0 Å². The van der Waals surface area contributed by atoms with Crippen molar-refractivity contribution in [2.45, 2.75) is 70.6 Å². The van der Waals surface area contributed by atoms with Gasteiger partial charge in [-0.3, -0.25) is 9.69 Å². The van der Waals surface area contributed by atoms with Crippen molar-refractivity contribution < 1.29 is 19.1 Å². The van der Waals surface area contributed by atoms with E-state index >= 15 is 0 Å². The lowest BCUT2D eigenvalue weighted by Gasteiger charge is -2.36. The van der Waals surface area contributed by atoms with Gasteiger partial charge in [0.15, 0.2) is 0 Å². The smallest absolute Gasteiger partial charge is 0.319 e. The number of carbonyl (C=O) groups is 2. The molecule has 0 spiro atoms. The maximum atomic E-state index is 13.6. The van der Waals surface area contributed by atoms with Crippen molar-refractivity contribution in [3.8, 4) is 5.75 Å². The zero-order valence-corrected chi connectivity index (χ0v) is 24.5. The van der Waals surface area contributed by atoms with Crippen molar-refractivity contribution in [3.63, 3.8) is 0 Å². The molecule has 0 unspecified atom stereocenters. The summed E-state index contributed by atoms with van der Waals surface area (Å²) in [6.45, 7) is 6.99. The highest BCUT2D eigenvalue weighted by molar-refractivity contribution is 5.99. The fourth-order valence-corrected chi connectivity index (χ4v) is 5.76. The van der Waals surface area contributed by atoms with Crippen LogP contribution in [0.2, 0.25) is 0 Å². The Morgan fingerprint density at radius 3 is 2.52 bits per heavy atom. The van der Waals surface area contributed by atoms with E-state index in [1.54, 1.807) is 37.3 Å². The van der Waals surface area contributed by atoms with Gasteiger partial charge in [-0.15, -0.1) is 0 Å². The molecule has 218 valence electrons. The minimum absolute atomic E-state index is 0.119. The summed E-state index contributed by atoms with van der Waals surface area (Å²) in [7, 11) is 3.51. The molecule has 2 aliphatic rings. The minimum atomic E-state index is -0.238. The van der Waals surface area contributed by atoms with Crippen LogP contribution >= 0.6 is 0 Å². The third-order valence-electron chi connectivity index (χ3n) is 8.30. The molecule has 3 atom stereocenters. The molecule has 2 N–H and O–H groups in total. The van der Waals surface area contributed by atoms with Gasteiger partial charge in [0.25, 0.3) is 5.91 Å². The van der Waals surface area contributed by atoms with Crippen molar-refractivity contribution in [1.29, 1.82) is 0 Å². The highest BCUT2D eigenvalue weighted by Crippen LogP contribution is 2.27. The van der Waals surface area contributed by atoms with Crippen LogP contribution in [0.25, 0.3) is 0 Å². The molecule has 0 aromatic heterocycles. The molecule has 4 rings (SSSR count). The summed E-state index contributed by atoms with van der Waals surface area (Å²) in [5, 5.41) is 6.00. The highest BCUT2D eigenvalue weighted by Gasteiger charge is 2.28. The number of benzene rings is 2. The van der Waals surface area contributed by atoms with Crippen molar-refractivity contribution in [2.75, 3.05) is 45.7 Å². The molecule has 1 saturated carbocycles. The molecule has 2 aromatic carbocycles. The van der Waals surface area contributed by atoms with Gasteiger partial charge in [0.2, 0.25) is 0 Å². The predicted octanol–water partition coefficient (Wildman–Crippen LogP) is 5.19. The van der Waals surface area contributed by atoms with Crippen molar-refractivity contribution in [1.82, 2.24) is 15.1 Å². The van der Waals surface area contributed by atoms with Crippen LogP contribution in [0.4, 0.5) is 10.5 Å². The van der Waals surface area contributed by atoms with Gasteiger partial charge in [0, 0.05) is 51.6 Å². The van der Waals surface area contributed by atoms with Crippen LogP contribution in [-0.4, -0.2) is 80.3 Å². The molecule has 40 heavy (non-hydrogen) atoms. The largest absolute Gasteiger partial charge is 0.491 e. The number of rotatable bonds is 6. The van der Waals surface area contributed by atoms with E-state index in [9.17, 15) is 9.59 Å². The summed E-state index contributed by atoms with van der Waals surface area (Å²) in [6, 6.07) is 15.9. The standard InChI is InChI=1S/C32H46N4O4/c1-23-20-36(18-17-25-11-7-5-8-12-25)24(2)22-40-29-16-15-27(34-32(38)33-26-13-9-6-10-14-26)19-28(29)31(37)35(3)21-30(23)39-4/h5,7-8,11-12,15-16,19,23-24,26,30H,6,9-10,13-14,17-18,20-22H2,1-4H3,(H2,33,34,38)/t23-,24+,30+/m1/s1. The van der Waals surface area contributed by atoms with E-state index in [2.05, 4.69) is 53.6 Å². The molecule has 0 radical (unpaired) electrons. The second-order valence-electron chi connectivity index (χ2n) is 11.5. The van der Waals surface area contributed by atoms with Crippen LogP contribution in [0.3, 0.4) is 0 Å². The Morgan fingerprint density at radius 1 is 1.05 bits per heavy atom. The maximum absolute atomic E-state index is 13.6. The molecule has 1 aliphatic heterocycles. The summed E-state index contributed by atoms with van der Waals surface area (Å²) in [6.07, 6.45) is 6.36. The maximum Gasteiger partial charge on any atom is 0.319 e. The van der Waals surface area contributed by atoms with E-state index < -0.39 is 0 Å². The lowest BCUT2D eigenvalue weighted by atomic mass is 9.96. The Labute approximate surface area is 239 Å². The summed E-state index contributed by atoms with van der Waals surface area (Å²) < 4.78 is 12.2. The third-order valence-corrected chi connectivity index (χ3v) is 8.30. The van der Waals surface area contributed by atoms with Gasteiger partial charge in [0.1, 0.15) is 12.4 Å². The predicted molar refractivity (Wildman–Crippen MR) is 159 cm³/mol. The number of likely N-dealkylation sites (N-methyl/N-ethyl adjacent to an activating group) is 1. The average Bonchev–Trinajstić information content (AvgIpc) is 2.97. The van der Waals surface area contributed by atoms with Crippen LogP contribution in [0.1, 0.15) is 61.9 Å². The van der Waals surface area contributed by atoms with E-state index in [0.29, 0.717) is 30.2 Å². The van der Waals surface area contributed by atoms with Crippen LogP contribution in [0.15, 0.2) is 48.5 Å². The number of fused-ring (bicyclic) bond motifs is 1. The van der Waals surface area contributed by atoms with Gasteiger partial charge in [0.05, 0.1) is 11.7 Å². The number of nitrogens with zero attached hydrogens (tertiary/aromatic N) is 2. The first-order valence-corrected chi connectivity index (χ1v) is 14.7. The number of nitrogens with one attached hydrogen (secondary N) is 2. The summed E-state index contributed by atoms with van der Waals surface area (Å²) in [4.78, 5) is 30.5. The summed E-state index contributed by atoms with van der Waals surface area (Å²) in [5.41, 5.74) is 2.31. The highest BCUT2D eigenvalue weighted by atomic mass is 16.5. The monoisotopic (exact) mass is 550 g/mol. The second-order valence-corrected chi connectivity index (χ2v) is 11.5. The third kappa shape index (κ3) is 8.21. The molecule has 1 fully saturated rings. The average molecular weight is 551 g/mol. The normalized spacial score (nSPS) is 23.4. The molecule has 8 heteroatoms. The van der Waals surface area contributed by atoms with Gasteiger partial charge in [-0.25, -0.2) is 4.79 Å². The quantitative estimate of drug-likeness (QED) is 0.517. The van der Waals surface area contributed by atoms with E-state index in [4.69, 9.17) is 9.47 Å². The van der Waals surface area contributed by atoms with Crippen LogP contribution in [-0.2, 0) is 11.2 Å². The first kappa shape index (κ1) is 29.9. The number of carbonyl (C=O) groups excluding carboxylic acids is 2. The molecular formula is C32H46N4O4.